The average Bonchev–Trinajstić information content (AvgIpc) is 2.27. The van der Waals surface area contributed by atoms with Crippen molar-refractivity contribution in [3.8, 4) is 0 Å². The van der Waals surface area contributed by atoms with E-state index in [4.69, 9.17) is 5.11 Å². The zero-order chi connectivity index (χ0) is 14.3. The number of hydrogen-bond acceptors (Lipinski definition) is 2. The number of nitrogens with one attached hydrogen (secondary N) is 1. The number of rotatable bonds is 9. The predicted octanol–water partition coefficient (Wildman–Crippen LogP) is 2.82. The third kappa shape index (κ3) is 6.60. The number of carbonyl (C=O) groups excluding carboxylic acids is 1. The SMILES string of the molecule is CC(C)C(CCNC(=O)CC1CCC1)CCC(=O)O. The van der Waals surface area contributed by atoms with Gasteiger partial charge in [-0.25, -0.2) is 0 Å². The Morgan fingerprint density at radius 2 is 1.95 bits per heavy atom. The van der Waals surface area contributed by atoms with Crippen LogP contribution in [0.4, 0.5) is 0 Å². The van der Waals surface area contributed by atoms with Gasteiger partial charge in [0.05, 0.1) is 0 Å². The van der Waals surface area contributed by atoms with Crippen molar-refractivity contribution in [3.63, 3.8) is 0 Å². The lowest BCUT2D eigenvalue weighted by Crippen LogP contribution is -2.30. The molecule has 1 saturated carbocycles. The average molecular weight is 269 g/mol. The summed E-state index contributed by atoms with van der Waals surface area (Å²) in [7, 11) is 0. The van der Waals surface area contributed by atoms with Crippen molar-refractivity contribution in [2.45, 2.75) is 58.8 Å². The van der Waals surface area contributed by atoms with Gasteiger partial charge >= 0.3 is 5.97 Å². The minimum atomic E-state index is -0.736. The highest BCUT2D eigenvalue weighted by Crippen LogP contribution is 2.29. The molecule has 1 unspecified atom stereocenters. The van der Waals surface area contributed by atoms with Crippen LogP contribution < -0.4 is 5.32 Å². The monoisotopic (exact) mass is 269 g/mol. The lowest BCUT2D eigenvalue weighted by Gasteiger charge is -2.25. The number of carboxylic acids is 1. The van der Waals surface area contributed by atoms with Crippen LogP contribution in [0.15, 0.2) is 0 Å². The number of hydrogen-bond donors (Lipinski definition) is 2. The van der Waals surface area contributed by atoms with Crippen molar-refractivity contribution in [1.82, 2.24) is 5.32 Å². The zero-order valence-corrected chi connectivity index (χ0v) is 12.2. The van der Waals surface area contributed by atoms with Crippen LogP contribution in [-0.2, 0) is 9.59 Å². The maximum absolute atomic E-state index is 11.7. The first-order valence-electron chi connectivity index (χ1n) is 7.47. The topological polar surface area (TPSA) is 66.4 Å². The number of carbonyl (C=O) groups is 2. The fourth-order valence-electron chi connectivity index (χ4n) is 2.55. The largest absolute Gasteiger partial charge is 0.481 e. The van der Waals surface area contributed by atoms with Crippen LogP contribution in [0.3, 0.4) is 0 Å². The quantitative estimate of drug-likeness (QED) is 0.676. The lowest BCUT2D eigenvalue weighted by atomic mass is 9.83. The van der Waals surface area contributed by atoms with E-state index >= 15 is 0 Å². The van der Waals surface area contributed by atoms with Crippen LogP contribution in [0.2, 0.25) is 0 Å². The summed E-state index contributed by atoms with van der Waals surface area (Å²) in [6.07, 6.45) is 6.12. The predicted molar refractivity (Wildman–Crippen MR) is 74.8 cm³/mol. The molecule has 0 heterocycles. The molecule has 2 N–H and O–H groups in total. The minimum Gasteiger partial charge on any atom is -0.481 e. The molecule has 1 aliphatic rings. The zero-order valence-electron chi connectivity index (χ0n) is 12.2. The van der Waals surface area contributed by atoms with Gasteiger partial charge in [0.15, 0.2) is 0 Å². The van der Waals surface area contributed by atoms with E-state index < -0.39 is 5.97 Å². The molecule has 1 rings (SSSR count). The molecule has 0 spiro atoms. The van der Waals surface area contributed by atoms with E-state index in [0.717, 1.165) is 6.42 Å². The second-order valence-electron chi connectivity index (χ2n) is 6.08. The van der Waals surface area contributed by atoms with Gasteiger partial charge in [-0.05, 0) is 43.4 Å². The third-order valence-electron chi connectivity index (χ3n) is 4.21. The number of carboxylic acid groups (broad SMARTS) is 1. The summed E-state index contributed by atoms with van der Waals surface area (Å²) in [6, 6.07) is 0. The van der Waals surface area contributed by atoms with Gasteiger partial charge in [0.25, 0.3) is 0 Å². The fourth-order valence-corrected chi connectivity index (χ4v) is 2.55. The maximum Gasteiger partial charge on any atom is 0.303 e. The Hall–Kier alpha value is -1.06. The summed E-state index contributed by atoms with van der Waals surface area (Å²) in [5.74, 6) is 0.862. The Balaban J connectivity index is 2.15. The van der Waals surface area contributed by atoms with Crippen LogP contribution >= 0.6 is 0 Å². The molecular formula is C15H27NO3. The highest BCUT2D eigenvalue weighted by Gasteiger charge is 2.21. The van der Waals surface area contributed by atoms with Gasteiger partial charge in [-0.3, -0.25) is 9.59 Å². The van der Waals surface area contributed by atoms with Gasteiger partial charge in [-0.1, -0.05) is 20.3 Å². The fraction of sp³-hybridized carbons (Fsp3) is 0.867. The minimum absolute atomic E-state index is 0.158. The van der Waals surface area contributed by atoms with Crippen molar-refractivity contribution < 1.29 is 14.7 Å². The third-order valence-corrected chi connectivity index (χ3v) is 4.21. The van der Waals surface area contributed by atoms with Crippen molar-refractivity contribution in [1.29, 1.82) is 0 Å². The van der Waals surface area contributed by atoms with Crippen LogP contribution in [0.5, 0.6) is 0 Å². The summed E-state index contributed by atoms with van der Waals surface area (Å²) < 4.78 is 0. The molecule has 0 aromatic rings. The molecule has 0 bridgehead atoms. The summed E-state index contributed by atoms with van der Waals surface area (Å²) in [6.45, 7) is 4.90. The highest BCUT2D eigenvalue weighted by atomic mass is 16.4. The number of aliphatic carboxylic acids is 1. The first-order chi connectivity index (χ1) is 8.99. The molecule has 1 atom stereocenters. The first kappa shape index (κ1) is 16.0. The van der Waals surface area contributed by atoms with Crippen molar-refractivity contribution >= 4 is 11.9 Å². The van der Waals surface area contributed by atoms with Gasteiger partial charge in [0.2, 0.25) is 5.91 Å². The molecule has 19 heavy (non-hydrogen) atoms. The van der Waals surface area contributed by atoms with Crippen LogP contribution in [-0.4, -0.2) is 23.5 Å². The molecule has 0 saturated heterocycles. The van der Waals surface area contributed by atoms with Crippen molar-refractivity contribution in [2.75, 3.05) is 6.54 Å². The van der Waals surface area contributed by atoms with E-state index in [1.165, 1.54) is 19.3 Å². The molecule has 4 heteroatoms. The van der Waals surface area contributed by atoms with E-state index in [0.29, 0.717) is 37.1 Å². The van der Waals surface area contributed by atoms with Gasteiger partial charge in [0, 0.05) is 19.4 Å². The van der Waals surface area contributed by atoms with Crippen LogP contribution in [0, 0.1) is 17.8 Å². The van der Waals surface area contributed by atoms with Crippen LogP contribution in [0.25, 0.3) is 0 Å². The van der Waals surface area contributed by atoms with Gasteiger partial charge in [-0.15, -0.1) is 0 Å². The summed E-state index contributed by atoms with van der Waals surface area (Å²) in [5, 5.41) is 11.7. The Bertz CT molecular complexity index is 298. The number of amides is 1. The summed E-state index contributed by atoms with van der Waals surface area (Å²) in [5.41, 5.74) is 0. The highest BCUT2D eigenvalue weighted by molar-refractivity contribution is 5.76. The van der Waals surface area contributed by atoms with Gasteiger partial charge < -0.3 is 10.4 Å². The second kappa shape index (κ2) is 8.18. The lowest BCUT2D eigenvalue weighted by molar-refractivity contribution is -0.137. The van der Waals surface area contributed by atoms with E-state index in [9.17, 15) is 9.59 Å². The Labute approximate surface area is 116 Å². The molecule has 1 amide bonds. The van der Waals surface area contributed by atoms with Crippen molar-refractivity contribution in [2.24, 2.45) is 17.8 Å². The van der Waals surface area contributed by atoms with E-state index in [1.807, 2.05) is 0 Å². The normalized spacial score (nSPS) is 17.0. The van der Waals surface area contributed by atoms with Crippen molar-refractivity contribution in [3.05, 3.63) is 0 Å². The Morgan fingerprint density at radius 1 is 1.26 bits per heavy atom. The van der Waals surface area contributed by atoms with Gasteiger partial charge in [0.1, 0.15) is 0 Å². The smallest absolute Gasteiger partial charge is 0.303 e. The van der Waals surface area contributed by atoms with E-state index in [-0.39, 0.29) is 12.3 Å². The standard InChI is InChI=1S/C15H27NO3/c1-11(2)13(6-7-15(18)19)8-9-16-14(17)10-12-4-3-5-12/h11-13H,3-10H2,1-2H3,(H,16,17)(H,18,19). The van der Waals surface area contributed by atoms with E-state index in [1.54, 1.807) is 0 Å². The maximum atomic E-state index is 11.7. The molecular weight excluding hydrogens is 242 g/mol. The molecule has 0 aromatic carbocycles. The molecule has 1 aliphatic carbocycles. The molecule has 0 aromatic heterocycles. The Kier molecular flexibility index (Phi) is 6.89. The molecule has 0 radical (unpaired) electrons. The first-order valence-corrected chi connectivity index (χ1v) is 7.47. The van der Waals surface area contributed by atoms with Gasteiger partial charge in [-0.2, -0.15) is 0 Å². The summed E-state index contributed by atoms with van der Waals surface area (Å²) >= 11 is 0. The second-order valence-corrected chi connectivity index (χ2v) is 6.08. The molecule has 0 aliphatic heterocycles. The molecule has 1 fully saturated rings. The van der Waals surface area contributed by atoms with Crippen LogP contribution in [0.1, 0.15) is 58.8 Å². The van der Waals surface area contributed by atoms with E-state index in [2.05, 4.69) is 19.2 Å². The molecule has 4 nitrogen and oxygen atoms in total. The molecule has 110 valence electrons. The summed E-state index contributed by atoms with van der Waals surface area (Å²) in [4.78, 5) is 22.3. The Morgan fingerprint density at radius 3 is 2.42 bits per heavy atom.